The van der Waals surface area contributed by atoms with Crippen LogP contribution < -0.4 is 0 Å². The minimum atomic E-state index is -0.867. The molecule has 0 amide bonds. The maximum absolute atomic E-state index is 10.3. The number of carboxylic acids is 1. The van der Waals surface area contributed by atoms with Gasteiger partial charge in [-0.3, -0.25) is 0 Å². The Bertz CT molecular complexity index is 241. The molecule has 1 saturated heterocycles. The second-order valence-electron chi connectivity index (χ2n) is 4.08. The van der Waals surface area contributed by atoms with Crippen molar-refractivity contribution in [2.24, 2.45) is 0 Å². The van der Waals surface area contributed by atoms with Crippen LogP contribution in [0.5, 0.6) is 0 Å². The van der Waals surface area contributed by atoms with E-state index in [2.05, 4.69) is 0 Å². The fraction of sp³-hybridized carbons (Fsp3) is 0.700. The fourth-order valence-corrected chi connectivity index (χ4v) is 1.38. The van der Waals surface area contributed by atoms with Gasteiger partial charge >= 0.3 is 5.97 Å². The standard InChI is InChI=1S/C10H16O3/c1-7(6-9(11)12)4-5-8-10(2,3)13-8/h6,8H,4-5H2,1-3H3,(H,11,12)/b7-6-. The number of hydrogen-bond acceptors (Lipinski definition) is 2. The average molecular weight is 184 g/mol. The summed E-state index contributed by atoms with van der Waals surface area (Å²) in [5, 5.41) is 8.46. The summed E-state index contributed by atoms with van der Waals surface area (Å²) >= 11 is 0. The van der Waals surface area contributed by atoms with Gasteiger partial charge in [-0.25, -0.2) is 4.79 Å². The van der Waals surface area contributed by atoms with Crippen molar-refractivity contribution in [3.05, 3.63) is 11.6 Å². The van der Waals surface area contributed by atoms with Crippen molar-refractivity contribution in [2.45, 2.75) is 45.3 Å². The first-order valence-corrected chi connectivity index (χ1v) is 4.50. The first-order valence-electron chi connectivity index (χ1n) is 4.50. The van der Waals surface area contributed by atoms with Gasteiger partial charge in [-0.15, -0.1) is 0 Å². The summed E-state index contributed by atoms with van der Waals surface area (Å²) in [7, 11) is 0. The van der Waals surface area contributed by atoms with Crippen LogP contribution in [0.25, 0.3) is 0 Å². The second-order valence-corrected chi connectivity index (χ2v) is 4.08. The van der Waals surface area contributed by atoms with E-state index in [0.717, 1.165) is 18.4 Å². The Morgan fingerprint density at radius 2 is 2.15 bits per heavy atom. The molecular weight excluding hydrogens is 168 g/mol. The first kappa shape index (κ1) is 10.3. The lowest BCUT2D eigenvalue weighted by atomic mass is 10.0. The van der Waals surface area contributed by atoms with E-state index in [0.29, 0.717) is 6.10 Å². The molecule has 3 nitrogen and oxygen atoms in total. The minimum absolute atomic E-state index is 0.0174. The molecule has 1 N–H and O–H groups in total. The Morgan fingerprint density at radius 1 is 1.62 bits per heavy atom. The van der Waals surface area contributed by atoms with Crippen molar-refractivity contribution in [3.63, 3.8) is 0 Å². The molecule has 0 saturated carbocycles. The molecule has 0 radical (unpaired) electrons. The molecule has 0 spiro atoms. The Balaban J connectivity index is 2.24. The molecular formula is C10H16O3. The highest BCUT2D eigenvalue weighted by Crippen LogP contribution is 2.38. The molecule has 0 aliphatic carbocycles. The van der Waals surface area contributed by atoms with Gasteiger partial charge in [-0.2, -0.15) is 0 Å². The average Bonchev–Trinajstić information content (AvgIpc) is 2.53. The Labute approximate surface area is 78.4 Å². The van der Waals surface area contributed by atoms with E-state index < -0.39 is 5.97 Å². The van der Waals surface area contributed by atoms with Crippen LogP contribution in [0.1, 0.15) is 33.6 Å². The van der Waals surface area contributed by atoms with Crippen LogP contribution in [0, 0.1) is 0 Å². The van der Waals surface area contributed by atoms with E-state index in [1.54, 1.807) is 0 Å². The van der Waals surface area contributed by atoms with E-state index in [4.69, 9.17) is 9.84 Å². The van der Waals surface area contributed by atoms with Gasteiger partial charge in [0.25, 0.3) is 0 Å². The topological polar surface area (TPSA) is 49.8 Å². The van der Waals surface area contributed by atoms with Crippen LogP contribution in [-0.4, -0.2) is 22.8 Å². The number of carbonyl (C=O) groups is 1. The molecule has 0 aromatic carbocycles. The third-order valence-corrected chi connectivity index (χ3v) is 2.33. The quantitative estimate of drug-likeness (QED) is 0.537. The molecule has 0 bridgehead atoms. The number of carboxylic acid groups (broad SMARTS) is 1. The van der Waals surface area contributed by atoms with Crippen molar-refractivity contribution >= 4 is 5.97 Å². The Morgan fingerprint density at radius 3 is 2.54 bits per heavy atom. The lowest BCUT2D eigenvalue weighted by Crippen LogP contribution is -2.02. The van der Waals surface area contributed by atoms with Gasteiger partial charge in [0.05, 0.1) is 11.7 Å². The SMILES string of the molecule is C/C(=C/C(=O)O)CCC1OC1(C)C. The van der Waals surface area contributed by atoms with Gasteiger partial charge in [0, 0.05) is 6.08 Å². The summed E-state index contributed by atoms with van der Waals surface area (Å²) in [5.74, 6) is -0.867. The Kier molecular flexibility index (Phi) is 2.76. The van der Waals surface area contributed by atoms with Crippen molar-refractivity contribution < 1.29 is 14.6 Å². The number of ether oxygens (including phenoxy) is 1. The van der Waals surface area contributed by atoms with E-state index in [-0.39, 0.29) is 5.60 Å². The monoisotopic (exact) mass is 184 g/mol. The summed E-state index contributed by atoms with van der Waals surface area (Å²) < 4.78 is 5.39. The zero-order valence-corrected chi connectivity index (χ0v) is 8.33. The highest BCUT2D eigenvalue weighted by atomic mass is 16.6. The predicted molar refractivity (Wildman–Crippen MR) is 49.6 cm³/mol. The molecule has 0 aromatic heterocycles. The molecule has 0 aromatic rings. The second kappa shape index (κ2) is 3.50. The van der Waals surface area contributed by atoms with Crippen LogP contribution in [0.2, 0.25) is 0 Å². The van der Waals surface area contributed by atoms with Gasteiger partial charge < -0.3 is 9.84 Å². The number of epoxide rings is 1. The molecule has 1 unspecified atom stereocenters. The molecule has 74 valence electrons. The van der Waals surface area contributed by atoms with Crippen molar-refractivity contribution in [1.29, 1.82) is 0 Å². The number of hydrogen-bond donors (Lipinski definition) is 1. The number of aliphatic carboxylic acids is 1. The molecule has 1 aliphatic heterocycles. The summed E-state index contributed by atoms with van der Waals surface area (Å²) in [5.41, 5.74) is 0.919. The van der Waals surface area contributed by atoms with E-state index in [1.165, 1.54) is 6.08 Å². The summed E-state index contributed by atoms with van der Waals surface area (Å²) in [6.45, 7) is 5.94. The third kappa shape index (κ3) is 3.19. The third-order valence-electron chi connectivity index (χ3n) is 2.33. The molecule has 1 heterocycles. The van der Waals surface area contributed by atoms with Crippen molar-refractivity contribution in [2.75, 3.05) is 0 Å². The molecule has 3 heteroatoms. The predicted octanol–water partition coefficient (Wildman–Crippen LogP) is 1.97. The van der Waals surface area contributed by atoms with Crippen LogP contribution in [0.4, 0.5) is 0 Å². The minimum Gasteiger partial charge on any atom is -0.478 e. The van der Waals surface area contributed by atoms with E-state index in [1.807, 2.05) is 20.8 Å². The molecule has 1 aliphatic rings. The lowest BCUT2D eigenvalue weighted by Gasteiger charge is -1.98. The van der Waals surface area contributed by atoms with E-state index >= 15 is 0 Å². The van der Waals surface area contributed by atoms with Gasteiger partial charge in [0.1, 0.15) is 0 Å². The maximum atomic E-state index is 10.3. The number of rotatable bonds is 4. The van der Waals surface area contributed by atoms with Gasteiger partial charge in [0.2, 0.25) is 0 Å². The highest BCUT2D eigenvalue weighted by Gasteiger charge is 2.46. The molecule has 1 rings (SSSR count). The molecule has 1 atom stereocenters. The molecule has 1 fully saturated rings. The summed E-state index contributed by atoms with van der Waals surface area (Å²) in [4.78, 5) is 10.3. The van der Waals surface area contributed by atoms with Crippen LogP contribution in [0.15, 0.2) is 11.6 Å². The van der Waals surface area contributed by atoms with Gasteiger partial charge in [0.15, 0.2) is 0 Å². The van der Waals surface area contributed by atoms with Crippen LogP contribution in [-0.2, 0) is 9.53 Å². The van der Waals surface area contributed by atoms with Gasteiger partial charge in [-0.05, 0) is 33.6 Å². The van der Waals surface area contributed by atoms with Crippen molar-refractivity contribution in [1.82, 2.24) is 0 Å². The maximum Gasteiger partial charge on any atom is 0.328 e. The fourth-order valence-electron chi connectivity index (χ4n) is 1.38. The van der Waals surface area contributed by atoms with Crippen LogP contribution in [0.3, 0.4) is 0 Å². The van der Waals surface area contributed by atoms with Crippen LogP contribution >= 0.6 is 0 Å². The van der Waals surface area contributed by atoms with Crippen molar-refractivity contribution in [3.8, 4) is 0 Å². The first-order chi connectivity index (χ1) is 5.92. The smallest absolute Gasteiger partial charge is 0.328 e. The number of allylic oxidation sites excluding steroid dienone is 1. The normalized spacial score (nSPS) is 25.8. The highest BCUT2D eigenvalue weighted by molar-refractivity contribution is 5.80. The largest absolute Gasteiger partial charge is 0.478 e. The summed E-state index contributed by atoms with van der Waals surface area (Å²) in [6, 6.07) is 0. The zero-order chi connectivity index (χ0) is 10.1. The molecule has 13 heavy (non-hydrogen) atoms. The zero-order valence-electron chi connectivity index (χ0n) is 8.33. The summed E-state index contributed by atoms with van der Waals surface area (Å²) in [6.07, 6.45) is 3.29. The lowest BCUT2D eigenvalue weighted by molar-refractivity contribution is -0.131. The Hall–Kier alpha value is -0.830. The van der Waals surface area contributed by atoms with E-state index in [9.17, 15) is 4.79 Å². The van der Waals surface area contributed by atoms with Gasteiger partial charge in [-0.1, -0.05) is 5.57 Å².